The molecule has 1 aliphatic carbocycles. The van der Waals surface area contributed by atoms with Crippen LogP contribution in [0, 0.1) is 5.92 Å². The maximum atomic E-state index is 12.1. The number of carbonyl (C=O) groups is 1. The number of benzene rings is 1. The van der Waals surface area contributed by atoms with E-state index in [-0.39, 0.29) is 17.9 Å². The molecule has 2 unspecified atom stereocenters. The summed E-state index contributed by atoms with van der Waals surface area (Å²) in [4.78, 5) is 21.7. The number of para-hydroxylation sites is 1. The van der Waals surface area contributed by atoms with Gasteiger partial charge < -0.3 is 19.3 Å². The van der Waals surface area contributed by atoms with Crippen LogP contribution in [0.4, 0.5) is 5.69 Å². The summed E-state index contributed by atoms with van der Waals surface area (Å²) < 4.78 is 10.5. The SMILES string of the molecule is COC(=O)C1=CC2C3=C(N4CCOCC4)c4ccccc4N(C)C3=NC2C=C1. The van der Waals surface area contributed by atoms with E-state index in [1.165, 1.54) is 23.9 Å². The van der Waals surface area contributed by atoms with Crippen LogP contribution >= 0.6 is 0 Å². The van der Waals surface area contributed by atoms with Gasteiger partial charge in [-0.2, -0.15) is 0 Å². The van der Waals surface area contributed by atoms with Gasteiger partial charge in [-0.3, -0.25) is 4.99 Å². The second-order valence-electron chi connectivity index (χ2n) is 7.38. The van der Waals surface area contributed by atoms with E-state index in [0.29, 0.717) is 5.57 Å². The summed E-state index contributed by atoms with van der Waals surface area (Å²) >= 11 is 0. The summed E-state index contributed by atoms with van der Waals surface area (Å²) in [6, 6.07) is 8.47. The predicted molar refractivity (Wildman–Crippen MR) is 108 cm³/mol. The van der Waals surface area contributed by atoms with Crippen LogP contribution in [0.1, 0.15) is 5.56 Å². The fourth-order valence-electron chi connectivity index (χ4n) is 4.54. The zero-order valence-electron chi connectivity index (χ0n) is 16.1. The molecule has 3 heterocycles. The Hall–Kier alpha value is -2.86. The first kappa shape index (κ1) is 17.3. The number of anilines is 1. The van der Waals surface area contributed by atoms with Gasteiger partial charge >= 0.3 is 5.97 Å². The van der Waals surface area contributed by atoms with Crippen LogP contribution in [0.25, 0.3) is 5.70 Å². The second-order valence-corrected chi connectivity index (χ2v) is 7.38. The zero-order valence-corrected chi connectivity index (χ0v) is 16.1. The number of esters is 1. The molecule has 6 heteroatoms. The molecule has 1 saturated heterocycles. The largest absolute Gasteiger partial charge is 0.465 e. The van der Waals surface area contributed by atoms with Crippen molar-refractivity contribution in [1.82, 2.24) is 4.90 Å². The molecule has 4 aliphatic rings. The van der Waals surface area contributed by atoms with Crippen LogP contribution in [-0.2, 0) is 14.3 Å². The molecule has 1 fully saturated rings. The number of hydrogen-bond donors (Lipinski definition) is 0. The molecule has 0 radical (unpaired) electrons. The van der Waals surface area contributed by atoms with E-state index in [4.69, 9.17) is 14.5 Å². The van der Waals surface area contributed by atoms with Crippen LogP contribution in [-0.4, -0.2) is 63.2 Å². The molecule has 1 aromatic carbocycles. The van der Waals surface area contributed by atoms with Gasteiger partial charge in [0.25, 0.3) is 0 Å². The number of nitrogens with zero attached hydrogens (tertiary/aromatic N) is 3. The van der Waals surface area contributed by atoms with Crippen molar-refractivity contribution in [2.45, 2.75) is 6.04 Å². The number of likely N-dealkylation sites (N-methyl/N-ethyl adjacent to an activating group) is 1. The second kappa shape index (κ2) is 6.63. The lowest BCUT2D eigenvalue weighted by Gasteiger charge is -2.39. The van der Waals surface area contributed by atoms with E-state index < -0.39 is 0 Å². The molecule has 0 saturated carbocycles. The highest BCUT2D eigenvalue weighted by Crippen LogP contribution is 2.46. The third-order valence-corrected chi connectivity index (χ3v) is 5.89. The lowest BCUT2D eigenvalue weighted by Crippen LogP contribution is -2.41. The van der Waals surface area contributed by atoms with Crippen molar-refractivity contribution in [3.8, 4) is 0 Å². The molecule has 144 valence electrons. The maximum Gasteiger partial charge on any atom is 0.337 e. The van der Waals surface area contributed by atoms with Gasteiger partial charge in [-0.25, -0.2) is 4.79 Å². The normalized spacial score (nSPS) is 25.6. The third kappa shape index (κ3) is 2.52. The summed E-state index contributed by atoms with van der Waals surface area (Å²) in [5, 5.41) is 0. The lowest BCUT2D eigenvalue weighted by molar-refractivity contribution is -0.135. The summed E-state index contributed by atoms with van der Waals surface area (Å²) in [6.45, 7) is 3.15. The minimum atomic E-state index is -0.304. The number of hydrogen-bond acceptors (Lipinski definition) is 6. The van der Waals surface area contributed by atoms with Gasteiger partial charge in [0.15, 0.2) is 0 Å². The van der Waals surface area contributed by atoms with Gasteiger partial charge in [0.2, 0.25) is 0 Å². The molecule has 0 amide bonds. The van der Waals surface area contributed by atoms with Crippen molar-refractivity contribution in [3.63, 3.8) is 0 Å². The topological polar surface area (TPSA) is 54.4 Å². The summed E-state index contributed by atoms with van der Waals surface area (Å²) in [7, 11) is 3.49. The van der Waals surface area contributed by atoms with Crippen LogP contribution in [0.2, 0.25) is 0 Å². The third-order valence-electron chi connectivity index (χ3n) is 5.89. The highest BCUT2D eigenvalue weighted by atomic mass is 16.5. The number of carbonyl (C=O) groups excluding carboxylic acids is 1. The van der Waals surface area contributed by atoms with Crippen LogP contribution < -0.4 is 4.90 Å². The summed E-state index contributed by atoms with van der Waals surface area (Å²) in [5.74, 6) is 0.714. The first-order chi connectivity index (χ1) is 13.7. The Morgan fingerprint density at radius 3 is 2.82 bits per heavy atom. The van der Waals surface area contributed by atoms with E-state index >= 15 is 0 Å². The molecule has 0 aromatic heterocycles. The molecular formula is C22H23N3O3. The summed E-state index contributed by atoms with van der Waals surface area (Å²) in [6.07, 6.45) is 5.87. The van der Waals surface area contributed by atoms with Gasteiger partial charge in [0.1, 0.15) is 5.84 Å². The minimum Gasteiger partial charge on any atom is -0.465 e. The molecule has 2 atom stereocenters. The van der Waals surface area contributed by atoms with Crippen LogP contribution in [0.3, 0.4) is 0 Å². The number of fused-ring (bicyclic) bond motifs is 4. The Kier molecular flexibility index (Phi) is 4.09. The standard InChI is InChI=1S/C22H23N3O3/c1-24-18-6-4-3-5-15(18)20(25-9-11-28-12-10-25)19-16-13-14(22(26)27-2)7-8-17(16)23-21(19)24/h3-8,13,16-17H,9-12H2,1-2H3. The molecular weight excluding hydrogens is 354 g/mol. The van der Waals surface area contributed by atoms with Crippen molar-refractivity contribution in [1.29, 1.82) is 0 Å². The van der Waals surface area contributed by atoms with Crippen LogP contribution in [0.5, 0.6) is 0 Å². The van der Waals surface area contributed by atoms with Crippen molar-refractivity contribution in [2.24, 2.45) is 10.9 Å². The Balaban J connectivity index is 1.70. The lowest BCUT2D eigenvalue weighted by atomic mass is 9.83. The average Bonchev–Trinajstić information content (AvgIpc) is 3.13. The fraction of sp³-hybridized carbons (Fsp3) is 0.364. The Bertz CT molecular complexity index is 954. The molecule has 5 rings (SSSR count). The number of aliphatic imine (C=N–C) groups is 1. The Morgan fingerprint density at radius 2 is 2.04 bits per heavy atom. The van der Waals surface area contributed by atoms with Gasteiger partial charge in [0.05, 0.1) is 43.3 Å². The van der Waals surface area contributed by atoms with Gasteiger partial charge in [0, 0.05) is 37.2 Å². The van der Waals surface area contributed by atoms with E-state index in [0.717, 1.165) is 37.8 Å². The number of rotatable bonds is 2. The van der Waals surface area contributed by atoms with Crippen molar-refractivity contribution < 1.29 is 14.3 Å². The first-order valence-corrected chi connectivity index (χ1v) is 9.65. The molecule has 3 aliphatic heterocycles. The minimum absolute atomic E-state index is 0.00575. The smallest absolute Gasteiger partial charge is 0.337 e. The maximum absolute atomic E-state index is 12.1. The number of morpholine rings is 1. The molecule has 0 bridgehead atoms. The highest BCUT2D eigenvalue weighted by Gasteiger charge is 2.42. The number of methoxy groups -OCH3 is 1. The van der Waals surface area contributed by atoms with E-state index in [1.807, 2.05) is 18.2 Å². The van der Waals surface area contributed by atoms with E-state index in [9.17, 15) is 4.79 Å². The number of ether oxygens (including phenoxy) is 2. The molecule has 0 spiro atoms. The monoisotopic (exact) mass is 377 g/mol. The zero-order chi connectivity index (χ0) is 19.3. The average molecular weight is 377 g/mol. The number of amidine groups is 1. The van der Waals surface area contributed by atoms with Crippen molar-refractivity contribution >= 4 is 23.2 Å². The Labute approximate surface area is 164 Å². The van der Waals surface area contributed by atoms with E-state index in [1.54, 1.807) is 0 Å². The Morgan fingerprint density at radius 1 is 1.25 bits per heavy atom. The molecule has 1 aromatic rings. The van der Waals surface area contributed by atoms with Gasteiger partial charge in [-0.1, -0.05) is 30.4 Å². The molecule has 0 N–H and O–H groups in total. The fourth-order valence-corrected chi connectivity index (χ4v) is 4.54. The highest BCUT2D eigenvalue weighted by molar-refractivity contribution is 6.20. The first-order valence-electron chi connectivity index (χ1n) is 9.65. The van der Waals surface area contributed by atoms with Crippen LogP contribution in [0.15, 0.2) is 58.6 Å². The quantitative estimate of drug-likeness (QED) is 0.740. The van der Waals surface area contributed by atoms with Gasteiger partial charge in [-0.15, -0.1) is 0 Å². The predicted octanol–water partition coefficient (Wildman–Crippen LogP) is 2.25. The van der Waals surface area contributed by atoms with Gasteiger partial charge in [-0.05, 0) is 12.1 Å². The van der Waals surface area contributed by atoms with E-state index in [2.05, 4.69) is 41.1 Å². The summed E-state index contributed by atoms with van der Waals surface area (Å²) in [5.41, 5.74) is 5.38. The van der Waals surface area contributed by atoms with Crippen molar-refractivity contribution in [3.05, 3.63) is 59.2 Å². The van der Waals surface area contributed by atoms with Crippen molar-refractivity contribution in [2.75, 3.05) is 45.4 Å². The molecule has 28 heavy (non-hydrogen) atoms. The molecule has 6 nitrogen and oxygen atoms in total.